The average molecular weight is 607 g/mol. The second-order valence-electron chi connectivity index (χ2n) is 12.8. The zero-order valence-corrected chi connectivity index (χ0v) is 26.4. The van der Waals surface area contributed by atoms with Gasteiger partial charge in [-0.25, -0.2) is 0 Å². The standard InChI is InChI=1S/C48H30/c1-2-30-23-24-38(36-18-8-14-32-12-4-6-16-34(32)36)46(29-30)39-26-28-45-44-27-25-37(35-17-7-13-31-11-3-5-15-33(31)35)40-19-9-21-42(47(40)44)43-22-10-20-41(39)48(43)45/h2-29H,1H2. The Labute approximate surface area is 279 Å². The summed E-state index contributed by atoms with van der Waals surface area (Å²) >= 11 is 0. The molecule has 10 rings (SSSR count). The lowest BCUT2D eigenvalue weighted by molar-refractivity contribution is 1.60. The molecule has 0 bridgehead atoms. The fraction of sp³-hybridized carbons (Fsp3) is 0. The molecule has 0 atom stereocenters. The van der Waals surface area contributed by atoms with Crippen LogP contribution in [0.2, 0.25) is 0 Å². The second kappa shape index (κ2) is 10.4. The molecule has 0 aliphatic carbocycles. The molecule has 0 N–H and O–H groups in total. The molecule has 0 radical (unpaired) electrons. The monoisotopic (exact) mass is 606 g/mol. The van der Waals surface area contributed by atoms with Crippen LogP contribution >= 0.6 is 0 Å². The lowest BCUT2D eigenvalue weighted by atomic mass is 9.83. The molecule has 10 aromatic carbocycles. The predicted octanol–water partition coefficient (Wildman–Crippen LogP) is 13.7. The van der Waals surface area contributed by atoms with Crippen molar-refractivity contribution in [3.8, 4) is 33.4 Å². The first-order chi connectivity index (χ1) is 23.8. The third-order valence-electron chi connectivity index (χ3n) is 10.4. The van der Waals surface area contributed by atoms with Gasteiger partial charge in [-0.3, -0.25) is 0 Å². The SMILES string of the molecule is C=Cc1ccc(-c2cccc3ccccc23)c(-c2ccc3c4ccc(-c5cccc6ccccc56)c5cccc(c6cccc2c63)c54)c1. The van der Waals surface area contributed by atoms with Gasteiger partial charge in [0, 0.05) is 0 Å². The van der Waals surface area contributed by atoms with Gasteiger partial charge >= 0.3 is 0 Å². The van der Waals surface area contributed by atoms with Gasteiger partial charge in [-0.05, 0) is 110 Å². The molecule has 0 amide bonds. The Morgan fingerprint density at radius 2 is 0.688 bits per heavy atom. The van der Waals surface area contributed by atoms with Gasteiger partial charge in [0.2, 0.25) is 0 Å². The zero-order chi connectivity index (χ0) is 31.8. The summed E-state index contributed by atoms with van der Waals surface area (Å²) in [6.07, 6.45) is 1.95. The van der Waals surface area contributed by atoms with Crippen molar-refractivity contribution in [2.45, 2.75) is 0 Å². The minimum Gasteiger partial charge on any atom is -0.0985 e. The van der Waals surface area contributed by atoms with Crippen molar-refractivity contribution in [2.24, 2.45) is 0 Å². The van der Waals surface area contributed by atoms with Crippen molar-refractivity contribution in [2.75, 3.05) is 0 Å². The molecule has 0 aromatic heterocycles. The van der Waals surface area contributed by atoms with Crippen molar-refractivity contribution in [3.05, 3.63) is 176 Å². The Kier molecular flexibility index (Phi) is 5.83. The third kappa shape index (κ3) is 3.84. The van der Waals surface area contributed by atoms with Crippen LogP contribution in [-0.4, -0.2) is 0 Å². The van der Waals surface area contributed by atoms with Crippen LogP contribution in [0.4, 0.5) is 0 Å². The van der Waals surface area contributed by atoms with E-state index in [2.05, 4.69) is 170 Å². The van der Waals surface area contributed by atoms with Gasteiger partial charge in [-0.2, -0.15) is 0 Å². The Morgan fingerprint density at radius 3 is 1.27 bits per heavy atom. The first-order valence-corrected chi connectivity index (χ1v) is 16.6. The topological polar surface area (TPSA) is 0 Å². The summed E-state index contributed by atoms with van der Waals surface area (Å²) in [5.74, 6) is 0. The van der Waals surface area contributed by atoms with Crippen LogP contribution in [0.5, 0.6) is 0 Å². The molecular weight excluding hydrogens is 577 g/mol. The van der Waals surface area contributed by atoms with E-state index in [0.717, 1.165) is 5.56 Å². The maximum absolute atomic E-state index is 4.12. The Bertz CT molecular complexity index is 2870. The quantitative estimate of drug-likeness (QED) is 0.138. The van der Waals surface area contributed by atoms with Crippen LogP contribution in [0.1, 0.15) is 5.56 Å². The summed E-state index contributed by atoms with van der Waals surface area (Å²) in [6, 6.07) is 60.5. The molecule has 0 aliphatic rings. The fourth-order valence-corrected chi connectivity index (χ4v) is 8.25. The molecule has 0 saturated heterocycles. The van der Waals surface area contributed by atoms with Crippen LogP contribution in [0, 0.1) is 0 Å². The van der Waals surface area contributed by atoms with E-state index in [4.69, 9.17) is 0 Å². The highest BCUT2D eigenvalue weighted by molar-refractivity contribution is 6.35. The molecule has 0 heterocycles. The third-order valence-corrected chi connectivity index (χ3v) is 10.4. The smallest absolute Gasteiger partial charge is 0.00201 e. The van der Waals surface area contributed by atoms with Crippen molar-refractivity contribution in [3.63, 3.8) is 0 Å². The van der Waals surface area contributed by atoms with Crippen molar-refractivity contribution in [1.82, 2.24) is 0 Å². The van der Waals surface area contributed by atoms with E-state index in [0.29, 0.717) is 0 Å². The molecule has 0 nitrogen and oxygen atoms in total. The predicted molar refractivity (Wildman–Crippen MR) is 209 cm³/mol. The summed E-state index contributed by atoms with van der Waals surface area (Å²) in [7, 11) is 0. The van der Waals surface area contributed by atoms with Gasteiger partial charge in [-0.1, -0.05) is 170 Å². The molecular formula is C48H30. The Hall–Kier alpha value is -6.24. The summed E-state index contributed by atoms with van der Waals surface area (Å²) in [5.41, 5.74) is 8.62. The summed E-state index contributed by atoms with van der Waals surface area (Å²) < 4.78 is 0. The van der Waals surface area contributed by atoms with E-state index in [1.165, 1.54) is 98.0 Å². The Balaban J connectivity index is 1.28. The van der Waals surface area contributed by atoms with Gasteiger partial charge in [0.05, 0.1) is 0 Å². The highest BCUT2D eigenvalue weighted by Gasteiger charge is 2.19. The van der Waals surface area contributed by atoms with E-state index in [-0.39, 0.29) is 0 Å². The number of benzene rings is 10. The van der Waals surface area contributed by atoms with Crippen LogP contribution in [-0.2, 0) is 0 Å². The highest BCUT2D eigenvalue weighted by atomic mass is 14.2. The van der Waals surface area contributed by atoms with Gasteiger partial charge in [0.1, 0.15) is 0 Å². The molecule has 0 aliphatic heterocycles. The normalized spacial score (nSPS) is 11.8. The summed E-state index contributed by atoms with van der Waals surface area (Å²) in [5, 5.41) is 15.5. The second-order valence-corrected chi connectivity index (χ2v) is 12.8. The largest absolute Gasteiger partial charge is 0.0985 e. The van der Waals surface area contributed by atoms with Crippen molar-refractivity contribution >= 4 is 70.7 Å². The van der Waals surface area contributed by atoms with Crippen LogP contribution in [0.3, 0.4) is 0 Å². The fourth-order valence-electron chi connectivity index (χ4n) is 8.25. The highest BCUT2D eigenvalue weighted by Crippen LogP contribution is 2.47. The molecule has 222 valence electrons. The number of fused-ring (bicyclic) bond motifs is 4. The van der Waals surface area contributed by atoms with E-state index < -0.39 is 0 Å². The molecule has 10 aromatic rings. The van der Waals surface area contributed by atoms with Crippen molar-refractivity contribution in [1.29, 1.82) is 0 Å². The zero-order valence-electron chi connectivity index (χ0n) is 26.4. The molecule has 0 heteroatoms. The van der Waals surface area contributed by atoms with E-state index >= 15 is 0 Å². The Morgan fingerprint density at radius 1 is 0.292 bits per heavy atom. The van der Waals surface area contributed by atoms with E-state index in [9.17, 15) is 0 Å². The van der Waals surface area contributed by atoms with E-state index in [1.54, 1.807) is 0 Å². The lowest BCUT2D eigenvalue weighted by Gasteiger charge is -2.20. The summed E-state index contributed by atoms with van der Waals surface area (Å²) in [4.78, 5) is 0. The van der Waals surface area contributed by atoms with Crippen LogP contribution < -0.4 is 0 Å². The minimum atomic E-state index is 1.12. The maximum Gasteiger partial charge on any atom is -0.00201 e. The van der Waals surface area contributed by atoms with Gasteiger partial charge in [0.15, 0.2) is 0 Å². The first kappa shape index (κ1) is 26.9. The lowest BCUT2D eigenvalue weighted by Crippen LogP contribution is -1.93. The van der Waals surface area contributed by atoms with Crippen molar-refractivity contribution < 1.29 is 0 Å². The molecule has 0 saturated carbocycles. The van der Waals surface area contributed by atoms with Gasteiger partial charge < -0.3 is 0 Å². The van der Waals surface area contributed by atoms with Gasteiger partial charge in [-0.15, -0.1) is 0 Å². The number of hydrogen-bond acceptors (Lipinski definition) is 0. The van der Waals surface area contributed by atoms with Gasteiger partial charge in [0.25, 0.3) is 0 Å². The first-order valence-electron chi connectivity index (χ1n) is 16.6. The van der Waals surface area contributed by atoms with Crippen LogP contribution in [0.15, 0.2) is 170 Å². The van der Waals surface area contributed by atoms with E-state index in [1.807, 2.05) is 6.08 Å². The molecule has 0 unspecified atom stereocenters. The molecule has 0 spiro atoms. The van der Waals surface area contributed by atoms with Crippen LogP contribution in [0.25, 0.3) is 104 Å². The maximum atomic E-state index is 4.12. The number of hydrogen-bond donors (Lipinski definition) is 0. The summed E-state index contributed by atoms with van der Waals surface area (Å²) in [6.45, 7) is 4.12. The molecule has 0 fully saturated rings. The average Bonchev–Trinajstić information content (AvgIpc) is 3.16. The number of rotatable bonds is 4. The minimum absolute atomic E-state index is 1.12. The molecule has 48 heavy (non-hydrogen) atoms.